The molecule has 3 heteroatoms. The predicted molar refractivity (Wildman–Crippen MR) is 77.8 cm³/mol. The third-order valence-electron chi connectivity index (χ3n) is 3.81. The Hall–Kier alpha value is -1.06. The van der Waals surface area contributed by atoms with Crippen LogP contribution in [0.25, 0.3) is 0 Å². The van der Waals surface area contributed by atoms with Crippen LogP contribution < -0.4 is 10.1 Å². The van der Waals surface area contributed by atoms with Crippen LogP contribution in [-0.4, -0.2) is 31.9 Å². The number of rotatable bonds is 6. The molecule has 3 unspecified atom stereocenters. The molecule has 1 aromatic rings. The van der Waals surface area contributed by atoms with Crippen LogP contribution in [0.15, 0.2) is 24.3 Å². The van der Waals surface area contributed by atoms with Crippen molar-refractivity contribution in [2.24, 2.45) is 0 Å². The molecule has 19 heavy (non-hydrogen) atoms. The van der Waals surface area contributed by atoms with Crippen molar-refractivity contribution in [1.29, 1.82) is 0 Å². The average molecular weight is 263 g/mol. The molecule has 1 aromatic carbocycles. The van der Waals surface area contributed by atoms with E-state index >= 15 is 0 Å². The lowest BCUT2D eigenvalue weighted by Gasteiger charge is -2.43. The molecule has 0 heterocycles. The Morgan fingerprint density at radius 2 is 1.95 bits per heavy atom. The van der Waals surface area contributed by atoms with Crippen LogP contribution in [0.3, 0.4) is 0 Å². The molecule has 0 saturated heterocycles. The van der Waals surface area contributed by atoms with E-state index in [1.54, 1.807) is 0 Å². The average Bonchev–Trinajstić information content (AvgIpc) is 2.41. The van der Waals surface area contributed by atoms with Crippen molar-refractivity contribution in [3.05, 3.63) is 29.8 Å². The second-order valence-electron chi connectivity index (χ2n) is 5.43. The minimum atomic E-state index is 0.166. The van der Waals surface area contributed by atoms with Crippen LogP contribution >= 0.6 is 0 Å². The minimum Gasteiger partial charge on any atom is -0.488 e. The number of hydrogen-bond acceptors (Lipinski definition) is 3. The fraction of sp³-hybridized carbons (Fsp3) is 0.625. The first-order chi connectivity index (χ1) is 9.15. The van der Waals surface area contributed by atoms with E-state index in [1.807, 2.05) is 14.0 Å². The Morgan fingerprint density at radius 1 is 1.26 bits per heavy atom. The van der Waals surface area contributed by atoms with Gasteiger partial charge in [-0.1, -0.05) is 26.0 Å². The number of nitrogens with one attached hydrogen (secondary N) is 1. The van der Waals surface area contributed by atoms with Gasteiger partial charge in [-0.3, -0.25) is 0 Å². The smallest absolute Gasteiger partial charge is 0.128 e. The van der Waals surface area contributed by atoms with E-state index in [-0.39, 0.29) is 12.2 Å². The van der Waals surface area contributed by atoms with Gasteiger partial charge in [0.1, 0.15) is 18.0 Å². The molecule has 0 spiro atoms. The third-order valence-corrected chi connectivity index (χ3v) is 3.81. The van der Waals surface area contributed by atoms with Gasteiger partial charge in [0, 0.05) is 19.1 Å². The molecular weight excluding hydrogens is 238 g/mol. The van der Waals surface area contributed by atoms with Crippen molar-refractivity contribution in [1.82, 2.24) is 5.32 Å². The van der Waals surface area contributed by atoms with Crippen molar-refractivity contribution in [3.8, 4) is 5.75 Å². The standard InChI is InChI=1S/C16H25NO2/c1-5-18-16-14(17-4)10-15(16)19-13-8-6-12(7-9-13)11(2)3/h6-9,11,14-17H,5,10H2,1-4H3. The van der Waals surface area contributed by atoms with Gasteiger partial charge in [0.2, 0.25) is 0 Å². The summed E-state index contributed by atoms with van der Waals surface area (Å²) in [6.07, 6.45) is 1.34. The van der Waals surface area contributed by atoms with E-state index < -0.39 is 0 Å². The molecule has 3 nitrogen and oxygen atoms in total. The largest absolute Gasteiger partial charge is 0.488 e. The third kappa shape index (κ3) is 3.28. The zero-order chi connectivity index (χ0) is 13.8. The number of likely N-dealkylation sites (N-methyl/N-ethyl adjacent to an activating group) is 1. The molecule has 0 amide bonds. The van der Waals surface area contributed by atoms with E-state index in [9.17, 15) is 0 Å². The molecule has 106 valence electrons. The van der Waals surface area contributed by atoms with E-state index in [0.29, 0.717) is 12.0 Å². The fourth-order valence-electron chi connectivity index (χ4n) is 2.50. The summed E-state index contributed by atoms with van der Waals surface area (Å²) in [6, 6.07) is 8.82. The van der Waals surface area contributed by atoms with Crippen LogP contribution in [-0.2, 0) is 4.74 Å². The number of hydrogen-bond donors (Lipinski definition) is 1. The normalized spacial score (nSPS) is 26.3. The van der Waals surface area contributed by atoms with Gasteiger partial charge in [0.25, 0.3) is 0 Å². The lowest BCUT2D eigenvalue weighted by Crippen LogP contribution is -2.60. The molecule has 1 N–H and O–H groups in total. The molecule has 3 atom stereocenters. The van der Waals surface area contributed by atoms with Gasteiger partial charge in [-0.05, 0) is 37.6 Å². The Labute approximate surface area is 116 Å². The van der Waals surface area contributed by atoms with Crippen molar-refractivity contribution < 1.29 is 9.47 Å². The molecule has 0 radical (unpaired) electrons. The van der Waals surface area contributed by atoms with Gasteiger partial charge in [0.15, 0.2) is 0 Å². The molecule has 1 saturated carbocycles. The SMILES string of the molecule is CCOC1C(NC)CC1Oc1ccc(C(C)C)cc1. The first-order valence-electron chi connectivity index (χ1n) is 7.21. The maximum atomic E-state index is 6.02. The quantitative estimate of drug-likeness (QED) is 0.856. The van der Waals surface area contributed by atoms with Crippen LogP contribution in [0.5, 0.6) is 5.75 Å². The van der Waals surface area contributed by atoms with Crippen molar-refractivity contribution in [3.63, 3.8) is 0 Å². The maximum absolute atomic E-state index is 6.02. The van der Waals surface area contributed by atoms with E-state index in [1.165, 1.54) is 5.56 Å². The Balaban J connectivity index is 1.94. The van der Waals surface area contributed by atoms with E-state index in [0.717, 1.165) is 18.8 Å². The second kappa shape index (κ2) is 6.40. The Bertz CT molecular complexity index is 388. The highest BCUT2D eigenvalue weighted by molar-refractivity contribution is 5.29. The lowest BCUT2D eigenvalue weighted by molar-refractivity contribution is -0.103. The molecule has 1 fully saturated rings. The Morgan fingerprint density at radius 3 is 2.47 bits per heavy atom. The van der Waals surface area contributed by atoms with Gasteiger partial charge in [-0.2, -0.15) is 0 Å². The summed E-state index contributed by atoms with van der Waals surface area (Å²) in [5.74, 6) is 1.50. The molecular formula is C16H25NO2. The Kier molecular flexibility index (Phi) is 4.83. The first-order valence-corrected chi connectivity index (χ1v) is 7.21. The molecule has 0 aromatic heterocycles. The summed E-state index contributed by atoms with van der Waals surface area (Å²) in [6.45, 7) is 7.16. The zero-order valence-electron chi connectivity index (χ0n) is 12.3. The van der Waals surface area contributed by atoms with Gasteiger partial charge in [-0.25, -0.2) is 0 Å². The highest BCUT2D eigenvalue weighted by Crippen LogP contribution is 2.29. The molecule has 0 aliphatic heterocycles. The molecule has 1 aliphatic rings. The van der Waals surface area contributed by atoms with Gasteiger partial charge < -0.3 is 14.8 Å². The van der Waals surface area contributed by atoms with Gasteiger partial charge in [0.05, 0.1) is 0 Å². The first kappa shape index (κ1) is 14.4. The fourth-order valence-corrected chi connectivity index (χ4v) is 2.50. The predicted octanol–water partition coefficient (Wildman–Crippen LogP) is 2.95. The summed E-state index contributed by atoms with van der Waals surface area (Å²) in [5, 5.41) is 3.27. The molecule has 2 rings (SSSR count). The second-order valence-corrected chi connectivity index (χ2v) is 5.43. The van der Waals surface area contributed by atoms with Crippen LogP contribution in [0, 0.1) is 0 Å². The van der Waals surface area contributed by atoms with Crippen molar-refractivity contribution in [2.75, 3.05) is 13.7 Å². The summed E-state index contributed by atoms with van der Waals surface area (Å²) >= 11 is 0. The highest BCUT2D eigenvalue weighted by Gasteiger charge is 2.42. The summed E-state index contributed by atoms with van der Waals surface area (Å²) < 4.78 is 11.8. The molecule has 1 aliphatic carbocycles. The lowest BCUT2D eigenvalue weighted by atomic mass is 9.85. The topological polar surface area (TPSA) is 30.5 Å². The zero-order valence-corrected chi connectivity index (χ0v) is 12.3. The van der Waals surface area contributed by atoms with Gasteiger partial charge >= 0.3 is 0 Å². The summed E-state index contributed by atoms with van der Waals surface area (Å²) in [4.78, 5) is 0. The van der Waals surface area contributed by atoms with Crippen molar-refractivity contribution in [2.45, 2.75) is 51.4 Å². The highest BCUT2D eigenvalue weighted by atomic mass is 16.5. The van der Waals surface area contributed by atoms with Crippen LogP contribution in [0.2, 0.25) is 0 Å². The minimum absolute atomic E-state index is 0.166. The van der Waals surface area contributed by atoms with Crippen LogP contribution in [0.4, 0.5) is 0 Å². The van der Waals surface area contributed by atoms with E-state index in [4.69, 9.17) is 9.47 Å². The van der Waals surface area contributed by atoms with Gasteiger partial charge in [-0.15, -0.1) is 0 Å². The monoisotopic (exact) mass is 263 g/mol. The summed E-state index contributed by atoms with van der Waals surface area (Å²) in [5.41, 5.74) is 1.34. The molecule has 0 bridgehead atoms. The van der Waals surface area contributed by atoms with E-state index in [2.05, 4.69) is 43.4 Å². The van der Waals surface area contributed by atoms with Crippen molar-refractivity contribution >= 4 is 0 Å². The number of benzene rings is 1. The number of ether oxygens (including phenoxy) is 2. The van der Waals surface area contributed by atoms with Crippen LogP contribution in [0.1, 0.15) is 38.7 Å². The maximum Gasteiger partial charge on any atom is 0.128 e. The summed E-state index contributed by atoms with van der Waals surface area (Å²) in [7, 11) is 1.98.